The Labute approximate surface area is 122 Å². The fourth-order valence-corrected chi connectivity index (χ4v) is 0.819. The largest absolute Gasteiger partial charge is 0.469 e. The predicted octanol–water partition coefficient (Wildman–Crippen LogP) is 2.75. The molecule has 0 bridgehead atoms. The lowest BCUT2D eigenvalue weighted by molar-refractivity contribution is -0.141. The first-order valence-electron chi connectivity index (χ1n) is 6.61. The highest BCUT2D eigenvalue weighted by atomic mass is 16.5. The van der Waals surface area contributed by atoms with E-state index in [-0.39, 0.29) is 29.7 Å². The number of hydrogen-bond acceptors (Lipinski definition) is 5. The van der Waals surface area contributed by atoms with E-state index in [1.165, 1.54) is 27.9 Å². The standard InChI is InChI=1S/C6H12O2.C6H10O2.C3H6O/c1-5(2)4-6(7)8-3;1-3-6(8)4-5(2)7;1-3(2)4/h5H,4H2,1-3H3;3-4H2,1-2H3;1-2H3. The van der Waals surface area contributed by atoms with Gasteiger partial charge in [-0.25, -0.2) is 0 Å². The van der Waals surface area contributed by atoms with Gasteiger partial charge < -0.3 is 9.53 Å². The van der Waals surface area contributed by atoms with Gasteiger partial charge in [0.1, 0.15) is 17.3 Å². The summed E-state index contributed by atoms with van der Waals surface area (Å²) in [5.41, 5.74) is 0. The number of ketones is 3. The van der Waals surface area contributed by atoms with Crippen LogP contribution in [0.2, 0.25) is 0 Å². The molecule has 0 N–H and O–H groups in total. The van der Waals surface area contributed by atoms with Crippen LogP contribution in [0.5, 0.6) is 0 Å². The number of carbonyl (C=O) groups is 4. The van der Waals surface area contributed by atoms with Gasteiger partial charge in [-0.05, 0) is 26.7 Å². The van der Waals surface area contributed by atoms with E-state index >= 15 is 0 Å². The Morgan fingerprint density at radius 3 is 1.50 bits per heavy atom. The molecule has 0 atom stereocenters. The Bertz CT molecular complexity index is 301. The number of rotatable bonds is 5. The molecule has 0 aromatic heterocycles. The van der Waals surface area contributed by atoms with Gasteiger partial charge in [0.25, 0.3) is 0 Å². The highest BCUT2D eigenvalue weighted by Crippen LogP contribution is 1.98. The van der Waals surface area contributed by atoms with E-state index in [1.54, 1.807) is 6.92 Å². The predicted molar refractivity (Wildman–Crippen MR) is 78.4 cm³/mol. The quantitative estimate of drug-likeness (QED) is 0.574. The third-order valence-electron chi connectivity index (χ3n) is 1.64. The molecule has 5 nitrogen and oxygen atoms in total. The topological polar surface area (TPSA) is 77.5 Å². The minimum atomic E-state index is -0.125. The van der Waals surface area contributed by atoms with Crippen LogP contribution >= 0.6 is 0 Å². The van der Waals surface area contributed by atoms with Gasteiger partial charge in [0.05, 0.1) is 13.5 Å². The van der Waals surface area contributed by atoms with Crippen LogP contribution in [-0.2, 0) is 23.9 Å². The number of hydrogen-bond donors (Lipinski definition) is 0. The molecule has 0 rings (SSSR count). The lowest BCUT2D eigenvalue weighted by Gasteiger charge is -1.99. The molecule has 118 valence electrons. The minimum absolute atomic E-state index is 0.0255. The highest BCUT2D eigenvalue weighted by molar-refractivity contribution is 5.97. The van der Waals surface area contributed by atoms with Crippen LogP contribution in [0.1, 0.15) is 60.8 Å². The maximum atomic E-state index is 10.4. The summed E-state index contributed by atoms with van der Waals surface area (Å²) in [5, 5.41) is 0. The zero-order valence-electron chi connectivity index (χ0n) is 13.7. The first kappa shape index (κ1) is 23.6. The van der Waals surface area contributed by atoms with E-state index in [1.807, 2.05) is 13.8 Å². The first-order valence-corrected chi connectivity index (χ1v) is 6.61. The molecule has 0 aliphatic rings. The molecule has 20 heavy (non-hydrogen) atoms. The van der Waals surface area contributed by atoms with Gasteiger partial charge >= 0.3 is 5.97 Å². The van der Waals surface area contributed by atoms with Crippen LogP contribution in [0.25, 0.3) is 0 Å². The van der Waals surface area contributed by atoms with Crippen molar-refractivity contribution in [3.05, 3.63) is 0 Å². The van der Waals surface area contributed by atoms with Crippen LogP contribution in [-0.4, -0.2) is 30.4 Å². The second-order valence-corrected chi connectivity index (χ2v) is 4.85. The van der Waals surface area contributed by atoms with Crippen LogP contribution < -0.4 is 0 Å². The third-order valence-corrected chi connectivity index (χ3v) is 1.64. The maximum absolute atomic E-state index is 10.4. The van der Waals surface area contributed by atoms with Crippen molar-refractivity contribution < 1.29 is 23.9 Å². The molecule has 5 heteroatoms. The van der Waals surface area contributed by atoms with E-state index in [0.29, 0.717) is 18.8 Å². The summed E-state index contributed by atoms with van der Waals surface area (Å²) in [6, 6.07) is 0. The second-order valence-electron chi connectivity index (χ2n) is 4.85. The highest BCUT2D eigenvalue weighted by Gasteiger charge is 2.01. The van der Waals surface area contributed by atoms with Gasteiger partial charge in [0, 0.05) is 12.8 Å². The van der Waals surface area contributed by atoms with Gasteiger partial charge in [-0.15, -0.1) is 0 Å². The molecular formula is C15H28O5. The van der Waals surface area contributed by atoms with Crippen molar-refractivity contribution in [2.75, 3.05) is 7.11 Å². The Balaban J connectivity index is -0.000000230. The van der Waals surface area contributed by atoms with E-state index in [9.17, 15) is 19.2 Å². The average molecular weight is 288 g/mol. The maximum Gasteiger partial charge on any atom is 0.305 e. The van der Waals surface area contributed by atoms with Gasteiger partial charge in [-0.2, -0.15) is 0 Å². The first-order chi connectivity index (χ1) is 9.06. The molecule has 0 aliphatic heterocycles. The van der Waals surface area contributed by atoms with Crippen molar-refractivity contribution in [1.82, 2.24) is 0 Å². The molecule has 0 heterocycles. The zero-order chi connectivity index (χ0) is 16.7. The van der Waals surface area contributed by atoms with E-state index < -0.39 is 0 Å². The van der Waals surface area contributed by atoms with Crippen LogP contribution in [0.3, 0.4) is 0 Å². The Morgan fingerprint density at radius 2 is 1.40 bits per heavy atom. The minimum Gasteiger partial charge on any atom is -0.469 e. The van der Waals surface area contributed by atoms with Crippen molar-refractivity contribution in [3.8, 4) is 0 Å². The van der Waals surface area contributed by atoms with Crippen molar-refractivity contribution >= 4 is 23.3 Å². The van der Waals surface area contributed by atoms with Crippen LogP contribution in [0.15, 0.2) is 0 Å². The summed E-state index contributed by atoms with van der Waals surface area (Å²) in [5.74, 6) is 0.428. The summed E-state index contributed by atoms with van der Waals surface area (Å²) >= 11 is 0. The Morgan fingerprint density at radius 1 is 1.00 bits per heavy atom. The molecule has 0 amide bonds. The van der Waals surface area contributed by atoms with E-state index in [4.69, 9.17) is 0 Å². The number of ether oxygens (including phenoxy) is 1. The number of carbonyl (C=O) groups excluding carboxylic acids is 4. The van der Waals surface area contributed by atoms with E-state index in [2.05, 4.69) is 4.74 Å². The molecular weight excluding hydrogens is 260 g/mol. The third kappa shape index (κ3) is 36.0. The van der Waals surface area contributed by atoms with Crippen molar-refractivity contribution in [3.63, 3.8) is 0 Å². The molecule has 0 aromatic rings. The smallest absolute Gasteiger partial charge is 0.305 e. The van der Waals surface area contributed by atoms with Gasteiger partial charge in [-0.1, -0.05) is 20.8 Å². The molecule has 0 radical (unpaired) electrons. The second kappa shape index (κ2) is 15.5. The summed E-state index contributed by atoms with van der Waals surface area (Å²) in [6.07, 6.45) is 1.10. The van der Waals surface area contributed by atoms with E-state index in [0.717, 1.165) is 0 Å². The molecule has 0 fully saturated rings. The molecule has 0 unspecified atom stereocenters. The lowest BCUT2D eigenvalue weighted by Crippen LogP contribution is -2.03. The van der Waals surface area contributed by atoms with Gasteiger partial charge in [0.2, 0.25) is 0 Å². The van der Waals surface area contributed by atoms with Crippen LogP contribution in [0, 0.1) is 5.92 Å². The fourth-order valence-electron chi connectivity index (χ4n) is 0.819. The van der Waals surface area contributed by atoms with Crippen LogP contribution in [0.4, 0.5) is 0 Å². The summed E-state index contributed by atoms with van der Waals surface area (Å²) in [4.78, 5) is 40.4. The van der Waals surface area contributed by atoms with Gasteiger partial charge in [0.15, 0.2) is 0 Å². The van der Waals surface area contributed by atoms with Crippen molar-refractivity contribution in [2.45, 2.75) is 60.8 Å². The normalized spacial score (nSPS) is 8.60. The molecule has 0 spiro atoms. The zero-order valence-corrected chi connectivity index (χ0v) is 13.7. The Kier molecular flexibility index (Phi) is 18.3. The summed E-state index contributed by atoms with van der Waals surface area (Å²) in [6.45, 7) is 10.2. The SMILES string of the molecule is CC(C)=O.CCC(=O)CC(C)=O.COC(=O)CC(C)C. The molecule has 0 aliphatic carbocycles. The average Bonchev–Trinajstić information content (AvgIpc) is 2.27. The Hall–Kier alpha value is -1.52. The number of Topliss-reactive ketones (excluding diaryl/α,β-unsaturated/α-hetero) is 3. The lowest BCUT2D eigenvalue weighted by atomic mass is 10.1. The monoisotopic (exact) mass is 288 g/mol. The molecule has 0 saturated heterocycles. The molecule has 0 aromatic carbocycles. The fraction of sp³-hybridized carbons (Fsp3) is 0.733. The van der Waals surface area contributed by atoms with Crippen molar-refractivity contribution in [1.29, 1.82) is 0 Å². The molecule has 0 saturated carbocycles. The summed E-state index contributed by atoms with van der Waals surface area (Å²) in [7, 11) is 1.41. The summed E-state index contributed by atoms with van der Waals surface area (Å²) < 4.78 is 4.42. The number of esters is 1. The van der Waals surface area contributed by atoms with Gasteiger partial charge in [-0.3, -0.25) is 14.4 Å². The number of methoxy groups -OCH3 is 1. The van der Waals surface area contributed by atoms with Crippen molar-refractivity contribution in [2.24, 2.45) is 5.92 Å².